The van der Waals surface area contributed by atoms with Crippen molar-refractivity contribution in [1.29, 1.82) is 0 Å². The number of nitrogens with one attached hydrogen (secondary N) is 1. The third-order valence-corrected chi connectivity index (χ3v) is 5.04. The van der Waals surface area contributed by atoms with Crippen LogP contribution in [-0.2, 0) is 4.74 Å². The van der Waals surface area contributed by atoms with E-state index in [1.54, 1.807) is 24.3 Å². The number of halogens is 3. The van der Waals surface area contributed by atoms with E-state index in [0.717, 1.165) is 6.20 Å². The Hall–Kier alpha value is -2.21. The first kappa shape index (κ1) is 21.5. The molecule has 1 aliphatic heterocycles. The summed E-state index contributed by atoms with van der Waals surface area (Å²) in [6, 6.07) is 6.35. The van der Waals surface area contributed by atoms with Crippen molar-refractivity contribution in [2.24, 2.45) is 10.9 Å². The lowest BCUT2D eigenvalue weighted by atomic mass is 9.99. The number of H-pyrrole nitrogens is 1. The second-order valence-corrected chi connectivity index (χ2v) is 6.87. The summed E-state index contributed by atoms with van der Waals surface area (Å²) >= 11 is 5.85. The summed E-state index contributed by atoms with van der Waals surface area (Å²) in [4.78, 5) is 6.60. The van der Waals surface area contributed by atoms with Gasteiger partial charge in [-0.15, -0.1) is 12.4 Å². The summed E-state index contributed by atoms with van der Waals surface area (Å²) in [5.74, 6) is 4.56. The molecule has 4 rings (SSSR count). The van der Waals surface area contributed by atoms with Crippen LogP contribution in [0.4, 0.5) is 4.39 Å². The standard InChI is InChI=1S/C17H17ClFN5O4.ClH/c18-8-3-1-7(2-4-8)11(25)14-12(26)13(27)17(28-14)24-5-9(19)10-15(23-20)21-6-22-16(10)24;/h1-6,11-14,17,25-27H,20H2,(H,21,22,23);1H/t11-,12+,13-,14-,17-;/m1./s1. The number of hydrogen-bond acceptors (Lipinski definition) is 7. The third kappa shape index (κ3) is 3.59. The number of nitrogens with two attached hydrogens (primary N) is 1. The Bertz CT molecular complexity index is 1070. The Balaban J connectivity index is 0.00000240. The van der Waals surface area contributed by atoms with Gasteiger partial charge in [-0.2, -0.15) is 5.10 Å². The van der Waals surface area contributed by atoms with E-state index in [1.165, 1.54) is 10.9 Å². The molecule has 29 heavy (non-hydrogen) atoms. The van der Waals surface area contributed by atoms with E-state index in [-0.39, 0.29) is 28.9 Å². The van der Waals surface area contributed by atoms with E-state index in [0.29, 0.717) is 10.6 Å². The number of benzene rings is 1. The van der Waals surface area contributed by atoms with Crippen LogP contribution in [0.2, 0.25) is 5.02 Å². The normalized spacial score (nSPS) is 25.9. The quantitative estimate of drug-likeness (QED) is 0.296. The van der Waals surface area contributed by atoms with Crippen molar-refractivity contribution in [3.05, 3.63) is 58.7 Å². The molecule has 5 atom stereocenters. The Morgan fingerprint density at radius 1 is 1.28 bits per heavy atom. The molecule has 1 aliphatic rings. The second-order valence-electron chi connectivity index (χ2n) is 6.43. The molecule has 9 nitrogen and oxygen atoms in total. The Morgan fingerprint density at radius 2 is 1.97 bits per heavy atom. The highest BCUT2D eigenvalue weighted by Gasteiger charge is 2.47. The number of ether oxygens (including phenoxy) is 1. The van der Waals surface area contributed by atoms with Gasteiger partial charge in [0.1, 0.15) is 30.1 Å². The van der Waals surface area contributed by atoms with Crippen LogP contribution in [0.5, 0.6) is 0 Å². The van der Waals surface area contributed by atoms with Crippen LogP contribution in [-0.4, -0.2) is 48.2 Å². The molecule has 0 unspecified atom stereocenters. The number of hydrogen-bond donors (Lipinski definition) is 5. The van der Waals surface area contributed by atoms with Crippen LogP contribution in [0.1, 0.15) is 17.9 Å². The monoisotopic (exact) mass is 445 g/mol. The van der Waals surface area contributed by atoms with Gasteiger partial charge in [-0.05, 0) is 17.7 Å². The molecule has 156 valence electrons. The predicted octanol–water partition coefficient (Wildman–Crippen LogP) is 0.706. The zero-order valence-electron chi connectivity index (χ0n) is 14.7. The van der Waals surface area contributed by atoms with E-state index in [1.807, 2.05) is 0 Å². The van der Waals surface area contributed by atoms with Crippen LogP contribution in [0.3, 0.4) is 0 Å². The molecule has 1 saturated heterocycles. The fraction of sp³-hybridized carbons (Fsp3) is 0.294. The molecule has 0 saturated carbocycles. The van der Waals surface area contributed by atoms with Gasteiger partial charge in [0.15, 0.2) is 17.5 Å². The van der Waals surface area contributed by atoms with E-state index >= 15 is 0 Å². The molecule has 0 aliphatic carbocycles. The molecule has 3 aromatic rings. The average Bonchev–Trinajstić information content (AvgIpc) is 3.19. The summed E-state index contributed by atoms with van der Waals surface area (Å²) in [6.45, 7) is 0. The van der Waals surface area contributed by atoms with Crippen LogP contribution in [0, 0.1) is 5.82 Å². The summed E-state index contributed by atoms with van der Waals surface area (Å²) < 4.78 is 21.4. The van der Waals surface area contributed by atoms with Crippen molar-refractivity contribution < 1.29 is 24.4 Å². The number of nitrogens with zero attached hydrogens (tertiary/aromatic N) is 3. The summed E-state index contributed by atoms with van der Waals surface area (Å²) in [5, 5.41) is 35.4. The van der Waals surface area contributed by atoms with Gasteiger partial charge in [-0.3, -0.25) is 0 Å². The van der Waals surface area contributed by atoms with Crippen molar-refractivity contribution in [2.75, 3.05) is 0 Å². The molecule has 0 spiro atoms. The van der Waals surface area contributed by atoms with Crippen LogP contribution in [0.25, 0.3) is 11.0 Å². The highest BCUT2D eigenvalue weighted by atomic mass is 35.5. The number of rotatable bonds is 3. The fourth-order valence-corrected chi connectivity index (χ4v) is 3.52. The maximum Gasteiger partial charge on any atom is 0.186 e. The number of aromatic amines is 1. The minimum atomic E-state index is -1.43. The van der Waals surface area contributed by atoms with E-state index < -0.39 is 36.5 Å². The smallest absolute Gasteiger partial charge is 0.186 e. The molecule has 1 aromatic carbocycles. The molecule has 6 N–H and O–H groups in total. The van der Waals surface area contributed by atoms with Gasteiger partial charge >= 0.3 is 0 Å². The second kappa shape index (κ2) is 8.27. The molecular formula is C17H18Cl2FN5O4. The number of aliphatic hydroxyl groups excluding tert-OH is 3. The number of aliphatic hydroxyl groups is 3. The first-order valence-electron chi connectivity index (χ1n) is 8.35. The van der Waals surface area contributed by atoms with Crippen molar-refractivity contribution in [2.45, 2.75) is 30.6 Å². The van der Waals surface area contributed by atoms with Gasteiger partial charge in [-0.25, -0.2) is 9.37 Å². The molecule has 3 heterocycles. The van der Waals surface area contributed by atoms with Crippen molar-refractivity contribution in [1.82, 2.24) is 14.5 Å². The van der Waals surface area contributed by atoms with E-state index in [4.69, 9.17) is 22.2 Å². The lowest BCUT2D eigenvalue weighted by Gasteiger charge is -2.21. The molecule has 0 amide bonds. The molecule has 0 radical (unpaired) electrons. The van der Waals surface area contributed by atoms with Gasteiger partial charge in [-0.1, -0.05) is 23.7 Å². The molecular weight excluding hydrogens is 428 g/mol. The third-order valence-electron chi connectivity index (χ3n) is 4.79. The van der Waals surface area contributed by atoms with E-state index in [2.05, 4.69) is 15.1 Å². The Kier molecular flexibility index (Phi) is 6.13. The van der Waals surface area contributed by atoms with Crippen LogP contribution < -0.4 is 11.3 Å². The van der Waals surface area contributed by atoms with Gasteiger partial charge in [0.2, 0.25) is 0 Å². The maximum absolute atomic E-state index is 14.4. The first-order valence-corrected chi connectivity index (χ1v) is 8.73. The number of fused-ring (bicyclic) bond motifs is 1. The largest absolute Gasteiger partial charge is 0.387 e. The minimum absolute atomic E-state index is 0. The summed E-state index contributed by atoms with van der Waals surface area (Å²) in [7, 11) is 0. The SMILES string of the molecule is Cl.N/N=c1\nc[nH]c2c1c(F)cn2[C@@H]1O[C@H]([C@H](O)c2ccc(Cl)cc2)[C@@H](O)[C@H]1O. The lowest BCUT2D eigenvalue weighted by Crippen LogP contribution is -2.34. The summed E-state index contributed by atoms with van der Waals surface area (Å²) in [5.41, 5.74) is 0.621. The zero-order valence-corrected chi connectivity index (χ0v) is 16.3. The molecule has 0 bridgehead atoms. The topological polar surface area (TPSA) is 142 Å². The fourth-order valence-electron chi connectivity index (χ4n) is 3.40. The molecule has 2 aromatic heterocycles. The van der Waals surface area contributed by atoms with Gasteiger partial charge in [0.25, 0.3) is 0 Å². The van der Waals surface area contributed by atoms with Gasteiger partial charge < -0.3 is 35.5 Å². The maximum atomic E-state index is 14.4. The van der Waals surface area contributed by atoms with Gasteiger partial charge in [0.05, 0.1) is 11.7 Å². The Morgan fingerprint density at radius 3 is 2.62 bits per heavy atom. The molecule has 12 heteroatoms. The van der Waals surface area contributed by atoms with Crippen molar-refractivity contribution in [3.63, 3.8) is 0 Å². The van der Waals surface area contributed by atoms with Gasteiger partial charge in [0, 0.05) is 11.2 Å². The minimum Gasteiger partial charge on any atom is -0.387 e. The van der Waals surface area contributed by atoms with Crippen LogP contribution >= 0.6 is 24.0 Å². The highest BCUT2D eigenvalue weighted by molar-refractivity contribution is 6.30. The average molecular weight is 446 g/mol. The van der Waals surface area contributed by atoms with E-state index in [9.17, 15) is 19.7 Å². The predicted molar refractivity (Wildman–Crippen MR) is 103 cm³/mol. The molecule has 1 fully saturated rings. The zero-order chi connectivity index (χ0) is 20.0. The Labute approximate surface area is 174 Å². The van der Waals surface area contributed by atoms with Crippen LogP contribution in [0.15, 0.2) is 41.9 Å². The van der Waals surface area contributed by atoms with Crippen molar-refractivity contribution in [3.8, 4) is 0 Å². The number of aromatic nitrogens is 3. The lowest BCUT2D eigenvalue weighted by molar-refractivity contribution is -0.0849. The first-order chi connectivity index (χ1) is 13.4. The summed E-state index contributed by atoms with van der Waals surface area (Å²) in [6.07, 6.45) is -4.06. The van der Waals surface area contributed by atoms with Crippen molar-refractivity contribution >= 4 is 35.0 Å². The highest BCUT2D eigenvalue weighted by Crippen LogP contribution is 2.37.